The van der Waals surface area contributed by atoms with Crippen molar-refractivity contribution in [2.45, 2.75) is 0 Å². The number of aromatic amines is 2. The highest BCUT2D eigenvalue weighted by Gasteiger charge is 2.17. The first-order valence-corrected chi connectivity index (χ1v) is 13.0. The first-order chi connectivity index (χ1) is 19.8. The zero-order valence-electron chi connectivity index (χ0n) is 20.9. The zero-order valence-corrected chi connectivity index (χ0v) is 20.9. The number of pyridine rings is 4. The van der Waals surface area contributed by atoms with Crippen LogP contribution < -0.4 is 0 Å². The molecule has 6 aromatic heterocycles. The van der Waals surface area contributed by atoms with Crippen LogP contribution in [0.2, 0.25) is 0 Å². The number of rotatable bonds is 2. The maximum absolute atomic E-state index is 5.01. The molecule has 3 aromatic carbocycles. The van der Waals surface area contributed by atoms with Gasteiger partial charge in [0.05, 0.1) is 44.1 Å². The number of benzene rings is 3. The minimum absolute atomic E-state index is 0.793. The molecule has 6 heterocycles. The third kappa shape index (κ3) is 2.90. The molecule has 0 bridgehead atoms. The van der Waals surface area contributed by atoms with Crippen molar-refractivity contribution in [2.24, 2.45) is 0 Å². The Bertz CT molecular complexity index is 2120. The number of hydrogen-bond donors (Lipinski definition) is 2. The Kier molecular flexibility index (Phi) is 4.17. The van der Waals surface area contributed by atoms with Crippen LogP contribution >= 0.6 is 0 Å². The molecule has 0 amide bonds. The van der Waals surface area contributed by atoms with E-state index in [2.05, 4.69) is 66.3 Å². The van der Waals surface area contributed by atoms with E-state index in [1.54, 1.807) is 24.8 Å². The topological polar surface area (TPSA) is 109 Å². The van der Waals surface area contributed by atoms with Gasteiger partial charge in [0.1, 0.15) is 11.6 Å². The molecule has 8 nitrogen and oxygen atoms in total. The van der Waals surface area contributed by atoms with Gasteiger partial charge in [0, 0.05) is 57.5 Å². The maximum atomic E-state index is 5.01. The average molecular weight is 515 g/mol. The lowest BCUT2D eigenvalue weighted by atomic mass is 10.1. The molecule has 0 unspecified atom stereocenters. The van der Waals surface area contributed by atoms with Crippen molar-refractivity contribution in [2.75, 3.05) is 0 Å². The van der Waals surface area contributed by atoms with Crippen molar-refractivity contribution in [1.29, 1.82) is 0 Å². The Morgan fingerprint density at radius 2 is 0.725 bits per heavy atom. The van der Waals surface area contributed by atoms with E-state index in [0.29, 0.717) is 0 Å². The van der Waals surface area contributed by atoms with Crippen molar-refractivity contribution in [3.63, 3.8) is 0 Å². The summed E-state index contributed by atoms with van der Waals surface area (Å²) in [5, 5.41) is 3.97. The summed E-state index contributed by atoms with van der Waals surface area (Å²) in [4.78, 5) is 35.6. The molecule has 0 aliphatic carbocycles. The molecule has 0 atom stereocenters. The first-order valence-electron chi connectivity index (χ1n) is 13.0. The molecule has 0 saturated heterocycles. The number of H-pyrrole nitrogens is 2. The third-order valence-corrected chi connectivity index (χ3v) is 7.57. The van der Waals surface area contributed by atoms with Crippen molar-refractivity contribution < 1.29 is 0 Å². The van der Waals surface area contributed by atoms with Gasteiger partial charge in [0.15, 0.2) is 0 Å². The van der Waals surface area contributed by atoms with Gasteiger partial charge in [-0.15, -0.1) is 0 Å². The molecular weight excluding hydrogens is 496 g/mol. The molecule has 0 radical (unpaired) electrons. The summed E-state index contributed by atoms with van der Waals surface area (Å²) in [6.07, 6.45) is 7.19. The highest BCUT2D eigenvalue weighted by molar-refractivity contribution is 6.22. The Morgan fingerprint density at radius 3 is 1.12 bits per heavy atom. The van der Waals surface area contributed by atoms with E-state index < -0.39 is 0 Å². The van der Waals surface area contributed by atoms with E-state index in [9.17, 15) is 0 Å². The number of hydrogen-bond acceptors (Lipinski definition) is 6. The van der Waals surface area contributed by atoms with Gasteiger partial charge in [0.25, 0.3) is 0 Å². The lowest BCUT2D eigenvalue weighted by Crippen LogP contribution is -1.86. The Labute approximate surface area is 225 Å². The van der Waals surface area contributed by atoms with Gasteiger partial charge in [-0.05, 0) is 48.5 Å². The monoisotopic (exact) mass is 514 g/mol. The van der Waals surface area contributed by atoms with Crippen LogP contribution in [0.1, 0.15) is 0 Å². The quantitative estimate of drug-likeness (QED) is 0.241. The number of imidazole rings is 2. The molecule has 9 rings (SSSR count). The van der Waals surface area contributed by atoms with Gasteiger partial charge < -0.3 is 9.97 Å². The summed E-state index contributed by atoms with van der Waals surface area (Å²) in [6, 6.07) is 24.3. The second-order valence-electron chi connectivity index (χ2n) is 9.79. The van der Waals surface area contributed by atoms with Crippen LogP contribution in [0.25, 0.3) is 88.5 Å². The maximum Gasteiger partial charge on any atom is 0.138 e. The van der Waals surface area contributed by atoms with Crippen LogP contribution in [-0.2, 0) is 0 Å². The summed E-state index contributed by atoms with van der Waals surface area (Å²) in [6.45, 7) is 0. The van der Waals surface area contributed by atoms with E-state index in [1.165, 1.54) is 0 Å². The van der Waals surface area contributed by atoms with Gasteiger partial charge in [-0.2, -0.15) is 0 Å². The second-order valence-corrected chi connectivity index (χ2v) is 9.79. The average Bonchev–Trinajstić information content (AvgIpc) is 3.68. The molecule has 40 heavy (non-hydrogen) atoms. The summed E-state index contributed by atoms with van der Waals surface area (Å²) in [5.74, 6) is 1.59. The smallest absolute Gasteiger partial charge is 0.138 e. The number of fused-ring (bicyclic) bond motifs is 12. The van der Waals surface area contributed by atoms with Crippen LogP contribution in [0.15, 0.2) is 97.6 Å². The van der Waals surface area contributed by atoms with Gasteiger partial charge in [-0.3, -0.25) is 19.9 Å². The summed E-state index contributed by atoms with van der Waals surface area (Å²) in [5.41, 5.74) is 9.11. The van der Waals surface area contributed by atoms with E-state index in [0.717, 1.165) is 88.5 Å². The number of nitrogens with zero attached hydrogens (tertiary/aromatic N) is 6. The van der Waals surface area contributed by atoms with Gasteiger partial charge in [0.2, 0.25) is 0 Å². The molecule has 0 aliphatic heterocycles. The highest BCUT2D eigenvalue weighted by Crippen LogP contribution is 2.35. The minimum atomic E-state index is 0.793. The van der Waals surface area contributed by atoms with E-state index in [-0.39, 0.29) is 0 Å². The van der Waals surface area contributed by atoms with Gasteiger partial charge >= 0.3 is 0 Å². The standard InChI is InChI=1S/C32H18N8/c1-5-19-23(33-13-1)24-20(6-2-14-34-24)28-27(19)37-31(38-28)17-9-11-18(12-10-17)32-39-29-21-7-3-15-35-25(21)26-22(30(29)40-32)8-4-16-36-26/h1-16H,(H,37,38)(H,39,40). The van der Waals surface area contributed by atoms with Crippen molar-refractivity contribution in [1.82, 2.24) is 39.9 Å². The Balaban J connectivity index is 1.20. The normalized spacial score (nSPS) is 12.0. The lowest BCUT2D eigenvalue weighted by Gasteiger charge is -2.03. The first kappa shape index (κ1) is 21.2. The number of aromatic nitrogens is 8. The van der Waals surface area contributed by atoms with E-state index in [1.807, 2.05) is 36.4 Å². The molecule has 2 N–H and O–H groups in total. The summed E-state index contributed by atoms with van der Waals surface area (Å²) < 4.78 is 0. The summed E-state index contributed by atoms with van der Waals surface area (Å²) >= 11 is 0. The van der Waals surface area contributed by atoms with Crippen LogP contribution in [0.5, 0.6) is 0 Å². The highest BCUT2D eigenvalue weighted by atomic mass is 14.9. The molecule has 0 spiro atoms. The third-order valence-electron chi connectivity index (χ3n) is 7.57. The Hall–Kier alpha value is -5.76. The minimum Gasteiger partial charge on any atom is -0.337 e. The fraction of sp³-hybridized carbons (Fsp3) is 0. The predicted molar refractivity (Wildman–Crippen MR) is 158 cm³/mol. The van der Waals surface area contributed by atoms with Gasteiger partial charge in [-0.1, -0.05) is 24.3 Å². The van der Waals surface area contributed by atoms with Gasteiger partial charge in [-0.25, -0.2) is 9.97 Å². The molecule has 186 valence electrons. The molecular formula is C32H18N8. The lowest BCUT2D eigenvalue weighted by molar-refractivity contribution is 1.32. The SMILES string of the molecule is c1cnc2c(c1)c1nc(-c3ccc(-c4nc5c6cccnc6c6ncccc6c5[nH]4)cc3)[nH]c1c1cccnc12. The Morgan fingerprint density at radius 1 is 0.375 bits per heavy atom. The fourth-order valence-corrected chi connectivity index (χ4v) is 5.75. The molecule has 0 fully saturated rings. The molecule has 0 aliphatic rings. The number of nitrogens with one attached hydrogen (secondary N) is 2. The van der Waals surface area contributed by atoms with Crippen molar-refractivity contribution in [3.8, 4) is 22.8 Å². The van der Waals surface area contributed by atoms with E-state index >= 15 is 0 Å². The molecule has 9 aromatic rings. The molecule has 0 saturated carbocycles. The van der Waals surface area contributed by atoms with Crippen molar-refractivity contribution in [3.05, 3.63) is 97.6 Å². The van der Waals surface area contributed by atoms with Crippen LogP contribution in [0.3, 0.4) is 0 Å². The zero-order chi connectivity index (χ0) is 26.2. The summed E-state index contributed by atoms with van der Waals surface area (Å²) in [7, 11) is 0. The van der Waals surface area contributed by atoms with E-state index in [4.69, 9.17) is 9.97 Å². The van der Waals surface area contributed by atoms with Crippen LogP contribution in [0.4, 0.5) is 0 Å². The van der Waals surface area contributed by atoms with Crippen LogP contribution in [-0.4, -0.2) is 39.9 Å². The molecule has 8 heteroatoms. The second kappa shape index (κ2) is 7.87. The predicted octanol–water partition coefficient (Wildman–Crippen LogP) is 6.97. The van der Waals surface area contributed by atoms with Crippen molar-refractivity contribution >= 4 is 65.7 Å². The fourth-order valence-electron chi connectivity index (χ4n) is 5.75. The van der Waals surface area contributed by atoms with Crippen LogP contribution in [0, 0.1) is 0 Å². The largest absolute Gasteiger partial charge is 0.337 e.